The number of nitrogens with zero attached hydrogens (tertiary/aromatic N) is 2. The molecule has 1 atom stereocenters. The summed E-state index contributed by atoms with van der Waals surface area (Å²) >= 11 is 0. The summed E-state index contributed by atoms with van der Waals surface area (Å²) in [7, 11) is 0. The molecule has 0 aliphatic carbocycles. The summed E-state index contributed by atoms with van der Waals surface area (Å²) in [6, 6.07) is 2.09. The van der Waals surface area contributed by atoms with Crippen LogP contribution in [0.5, 0.6) is 0 Å². The topological polar surface area (TPSA) is 41.3 Å². The first-order valence-corrected chi connectivity index (χ1v) is 8.36. The second kappa shape index (κ2) is 7.41. The first kappa shape index (κ1) is 16.5. The van der Waals surface area contributed by atoms with Crippen molar-refractivity contribution in [1.82, 2.24) is 15.4 Å². The van der Waals surface area contributed by atoms with Crippen molar-refractivity contribution in [2.24, 2.45) is 11.3 Å². The highest BCUT2D eigenvalue weighted by atomic mass is 16.5. The fraction of sp³-hybridized carbons (Fsp3) is 0.824. The van der Waals surface area contributed by atoms with Gasteiger partial charge in [0.15, 0.2) is 5.76 Å². The van der Waals surface area contributed by atoms with Crippen LogP contribution in [0.2, 0.25) is 0 Å². The van der Waals surface area contributed by atoms with Gasteiger partial charge in [-0.05, 0) is 50.2 Å². The third-order valence-corrected chi connectivity index (χ3v) is 4.59. The Morgan fingerprint density at radius 1 is 1.33 bits per heavy atom. The van der Waals surface area contributed by atoms with Crippen molar-refractivity contribution >= 4 is 0 Å². The van der Waals surface area contributed by atoms with E-state index in [2.05, 4.69) is 49.1 Å². The lowest BCUT2D eigenvalue weighted by Gasteiger charge is -2.29. The smallest absolute Gasteiger partial charge is 0.151 e. The second-order valence-corrected chi connectivity index (χ2v) is 7.33. The van der Waals surface area contributed by atoms with E-state index in [0.717, 1.165) is 37.0 Å². The Morgan fingerprint density at radius 2 is 2.14 bits per heavy atom. The highest BCUT2D eigenvalue weighted by Crippen LogP contribution is 2.34. The molecule has 1 N–H and O–H groups in total. The van der Waals surface area contributed by atoms with Gasteiger partial charge >= 0.3 is 0 Å². The van der Waals surface area contributed by atoms with Crippen LogP contribution in [-0.2, 0) is 13.1 Å². The highest BCUT2D eigenvalue weighted by molar-refractivity contribution is 5.05. The summed E-state index contributed by atoms with van der Waals surface area (Å²) in [5, 5.41) is 7.41. The van der Waals surface area contributed by atoms with Gasteiger partial charge in [0.1, 0.15) is 0 Å². The van der Waals surface area contributed by atoms with Gasteiger partial charge in [-0.2, -0.15) is 0 Å². The molecule has 2 heterocycles. The zero-order valence-electron chi connectivity index (χ0n) is 14.1. The van der Waals surface area contributed by atoms with E-state index in [1.807, 2.05) is 0 Å². The molecule has 0 saturated carbocycles. The van der Waals surface area contributed by atoms with Crippen molar-refractivity contribution in [3.63, 3.8) is 0 Å². The fourth-order valence-electron chi connectivity index (χ4n) is 3.17. The maximum atomic E-state index is 5.47. The van der Waals surface area contributed by atoms with E-state index in [1.165, 1.54) is 32.4 Å². The summed E-state index contributed by atoms with van der Waals surface area (Å²) in [4.78, 5) is 2.52. The Balaban J connectivity index is 1.84. The molecule has 1 aromatic rings. The summed E-state index contributed by atoms with van der Waals surface area (Å²) in [6.45, 7) is 14.2. The van der Waals surface area contributed by atoms with E-state index < -0.39 is 0 Å². The van der Waals surface area contributed by atoms with Gasteiger partial charge in [0.2, 0.25) is 0 Å². The molecule has 0 bridgehead atoms. The molecule has 4 nitrogen and oxygen atoms in total. The number of hydrogen-bond acceptors (Lipinski definition) is 4. The largest absolute Gasteiger partial charge is 0.360 e. The predicted molar refractivity (Wildman–Crippen MR) is 86.0 cm³/mol. The zero-order valence-corrected chi connectivity index (χ0v) is 14.1. The molecule has 0 amide bonds. The van der Waals surface area contributed by atoms with Gasteiger partial charge in [-0.1, -0.05) is 32.9 Å². The molecule has 1 fully saturated rings. The number of hydrogen-bond donors (Lipinski definition) is 1. The zero-order chi connectivity index (χ0) is 15.3. The normalized spacial score (nSPS) is 21.4. The molecule has 120 valence electrons. The average molecular weight is 293 g/mol. The molecule has 1 saturated heterocycles. The van der Waals surface area contributed by atoms with Crippen molar-refractivity contribution in [3.05, 3.63) is 17.5 Å². The van der Waals surface area contributed by atoms with Crippen LogP contribution in [0.25, 0.3) is 0 Å². The van der Waals surface area contributed by atoms with Crippen molar-refractivity contribution in [2.45, 2.75) is 60.0 Å². The van der Waals surface area contributed by atoms with E-state index in [9.17, 15) is 0 Å². The van der Waals surface area contributed by atoms with Crippen LogP contribution in [-0.4, -0.2) is 29.7 Å². The number of aromatic nitrogens is 1. The Kier molecular flexibility index (Phi) is 5.82. The van der Waals surface area contributed by atoms with Crippen LogP contribution in [0.1, 0.15) is 58.4 Å². The molecule has 0 spiro atoms. The van der Waals surface area contributed by atoms with Gasteiger partial charge in [-0.25, -0.2) is 0 Å². The van der Waals surface area contributed by atoms with Crippen molar-refractivity contribution in [1.29, 1.82) is 0 Å². The third kappa shape index (κ3) is 5.11. The van der Waals surface area contributed by atoms with E-state index in [1.54, 1.807) is 0 Å². The first-order valence-electron chi connectivity index (χ1n) is 8.36. The monoisotopic (exact) mass is 293 g/mol. The van der Waals surface area contributed by atoms with Crippen LogP contribution in [0.15, 0.2) is 10.6 Å². The lowest BCUT2D eigenvalue weighted by molar-refractivity contribution is 0.200. The number of nitrogens with one attached hydrogen (secondary N) is 1. The third-order valence-electron chi connectivity index (χ3n) is 4.59. The number of rotatable bonds is 5. The molecule has 21 heavy (non-hydrogen) atoms. The van der Waals surface area contributed by atoms with Crippen molar-refractivity contribution in [2.75, 3.05) is 19.6 Å². The average Bonchev–Trinajstić information content (AvgIpc) is 2.71. The Bertz CT molecular complexity index is 422. The maximum Gasteiger partial charge on any atom is 0.151 e. The molecule has 1 unspecified atom stereocenters. The fourth-order valence-corrected chi connectivity index (χ4v) is 3.17. The predicted octanol–water partition coefficient (Wildman–Crippen LogP) is 3.43. The summed E-state index contributed by atoms with van der Waals surface area (Å²) in [5.74, 6) is 1.83. The van der Waals surface area contributed by atoms with Crippen LogP contribution >= 0.6 is 0 Å². The van der Waals surface area contributed by atoms with Crippen LogP contribution in [0, 0.1) is 11.3 Å². The molecule has 0 radical (unpaired) electrons. The summed E-state index contributed by atoms with van der Waals surface area (Å²) < 4.78 is 5.47. The lowest BCUT2D eigenvalue weighted by atomic mass is 9.77. The van der Waals surface area contributed by atoms with E-state index in [4.69, 9.17) is 4.52 Å². The van der Waals surface area contributed by atoms with Crippen molar-refractivity contribution < 1.29 is 4.52 Å². The standard InChI is InChI=1S/C17H31N3O/c1-5-18-12-15-11-16(21-19-15)13-20-9-6-7-14(8-10-20)17(2,3)4/h11,14,18H,5-10,12-13H2,1-4H3. The molecule has 2 rings (SSSR count). The molecule has 4 heteroatoms. The Labute approximate surface area is 129 Å². The molecule has 1 aliphatic rings. The molecular formula is C17H31N3O. The minimum atomic E-state index is 0.432. The molecule has 0 aromatic carbocycles. The van der Waals surface area contributed by atoms with E-state index in [0.29, 0.717) is 5.41 Å². The molecule has 1 aliphatic heterocycles. The first-order chi connectivity index (χ1) is 9.99. The van der Waals surface area contributed by atoms with Gasteiger partial charge in [0.05, 0.1) is 12.2 Å². The van der Waals surface area contributed by atoms with E-state index in [-0.39, 0.29) is 0 Å². The SMILES string of the molecule is CCNCc1cc(CN2CCCC(C(C)(C)C)CC2)on1. The van der Waals surface area contributed by atoms with Gasteiger partial charge in [-0.15, -0.1) is 0 Å². The van der Waals surface area contributed by atoms with Gasteiger partial charge in [0.25, 0.3) is 0 Å². The lowest BCUT2D eigenvalue weighted by Crippen LogP contribution is -2.25. The van der Waals surface area contributed by atoms with Gasteiger partial charge in [0, 0.05) is 12.6 Å². The quantitative estimate of drug-likeness (QED) is 0.903. The second-order valence-electron chi connectivity index (χ2n) is 7.33. The van der Waals surface area contributed by atoms with Crippen LogP contribution in [0.3, 0.4) is 0 Å². The van der Waals surface area contributed by atoms with Crippen LogP contribution < -0.4 is 5.32 Å². The maximum absolute atomic E-state index is 5.47. The minimum Gasteiger partial charge on any atom is -0.360 e. The molecular weight excluding hydrogens is 262 g/mol. The Morgan fingerprint density at radius 3 is 2.86 bits per heavy atom. The van der Waals surface area contributed by atoms with E-state index >= 15 is 0 Å². The Hall–Kier alpha value is -0.870. The summed E-state index contributed by atoms with van der Waals surface area (Å²) in [6.07, 6.45) is 3.93. The summed E-state index contributed by atoms with van der Waals surface area (Å²) in [5.41, 5.74) is 1.44. The van der Waals surface area contributed by atoms with Crippen molar-refractivity contribution in [3.8, 4) is 0 Å². The highest BCUT2D eigenvalue weighted by Gasteiger charge is 2.27. The van der Waals surface area contributed by atoms with Crippen LogP contribution in [0.4, 0.5) is 0 Å². The van der Waals surface area contributed by atoms with Gasteiger partial charge in [-0.3, -0.25) is 4.90 Å². The van der Waals surface area contributed by atoms with Gasteiger partial charge < -0.3 is 9.84 Å². The number of likely N-dealkylation sites (tertiary alicyclic amines) is 1. The minimum absolute atomic E-state index is 0.432. The molecule has 1 aromatic heterocycles.